The van der Waals surface area contributed by atoms with E-state index in [0.29, 0.717) is 25.4 Å². The topological polar surface area (TPSA) is 49.8 Å². The molecule has 4 nitrogen and oxygen atoms in total. The number of esters is 1. The molecular formula is C20H28FNO3. The average molecular weight is 349 g/mol. The highest BCUT2D eigenvalue weighted by atomic mass is 19.1. The summed E-state index contributed by atoms with van der Waals surface area (Å²) < 4.78 is 18.2. The Balaban J connectivity index is 1.52. The zero-order valence-electron chi connectivity index (χ0n) is 14.9. The lowest BCUT2D eigenvalue weighted by Crippen LogP contribution is -2.38. The van der Waals surface area contributed by atoms with Crippen LogP contribution in [0.15, 0.2) is 24.3 Å². The molecule has 3 rings (SSSR count). The van der Waals surface area contributed by atoms with E-state index in [1.807, 2.05) is 19.1 Å². The number of carbonyl (C=O) groups excluding carboxylic acids is 1. The van der Waals surface area contributed by atoms with Crippen LogP contribution in [0.4, 0.5) is 4.39 Å². The van der Waals surface area contributed by atoms with Gasteiger partial charge in [-0.2, -0.15) is 0 Å². The minimum absolute atomic E-state index is 0.162. The van der Waals surface area contributed by atoms with E-state index in [2.05, 4.69) is 4.90 Å². The van der Waals surface area contributed by atoms with Crippen molar-refractivity contribution < 1.29 is 19.0 Å². The largest absolute Gasteiger partial charge is 0.466 e. The van der Waals surface area contributed by atoms with Crippen molar-refractivity contribution in [1.29, 1.82) is 0 Å². The fourth-order valence-corrected chi connectivity index (χ4v) is 4.35. The molecule has 25 heavy (non-hydrogen) atoms. The average Bonchev–Trinajstić information content (AvgIpc) is 2.97. The van der Waals surface area contributed by atoms with Crippen LogP contribution < -0.4 is 0 Å². The molecule has 1 heterocycles. The van der Waals surface area contributed by atoms with Gasteiger partial charge in [-0.25, -0.2) is 4.39 Å². The van der Waals surface area contributed by atoms with Crippen molar-refractivity contribution in [3.63, 3.8) is 0 Å². The van der Waals surface area contributed by atoms with E-state index in [0.717, 1.165) is 32.5 Å². The first-order valence-electron chi connectivity index (χ1n) is 9.39. The lowest BCUT2D eigenvalue weighted by molar-refractivity contribution is -0.149. The molecule has 0 radical (unpaired) electrons. The van der Waals surface area contributed by atoms with Crippen LogP contribution in [0.5, 0.6) is 0 Å². The molecule has 1 aromatic carbocycles. The zero-order chi connectivity index (χ0) is 17.8. The number of hydrogen-bond donors (Lipinski definition) is 1. The van der Waals surface area contributed by atoms with Crippen molar-refractivity contribution >= 4 is 5.97 Å². The number of carbonyl (C=O) groups is 1. The van der Waals surface area contributed by atoms with Crippen molar-refractivity contribution in [1.82, 2.24) is 4.90 Å². The number of ether oxygens (including phenoxy) is 1. The second-order valence-electron chi connectivity index (χ2n) is 7.37. The van der Waals surface area contributed by atoms with Crippen molar-refractivity contribution in [2.75, 3.05) is 26.2 Å². The Morgan fingerprint density at radius 1 is 1.24 bits per heavy atom. The molecule has 0 spiro atoms. The van der Waals surface area contributed by atoms with Gasteiger partial charge in [-0.1, -0.05) is 12.1 Å². The van der Waals surface area contributed by atoms with Crippen LogP contribution in [-0.2, 0) is 9.53 Å². The van der Waals surface area contributed by atoms with Gasteiger partial charge in [0.25, 0.3) is 0 Å². The van der Waals surface area contributed by atoms with Gasteiger partial charge in [-0.05, 0) is 75.2 Å². The van der Waals surface area contributed by atoms with Crippen LogP contribution in [0.3, 0.4) is 0 Å². The van der Waals surface area contributed by atoms with E-state index in [1.165, 1.54) is 17.7 Å². The summed E-state index contributed by atoms with van der Waals surface area (Å²) >= 11 is 0. The normalized spacial score (nSPS) is 28.2. The number of piperidine rings is 1. The molecule has 2 aliphatic rings. The Morgan fingerprint density at radius 3 is 2.56 bits per heavy atom. The van der Waals surface area contributed by atoms with E-state index < -0.39 is 6.10 Å². The molecule has 0 aromatic heterocycles. The lowest BCUT2D eigenvalue weighted by Gasteiger charge is -2.34. The molecule has 1 N–H and O–H groups in total. The standard InChI is InChI=1S/C20H28FNO3/c1-2-25-20(24)19-12-18(23)11-16(19)13-22-9-7-15(8-10-22)14-3-5-17(21)6-4-14/h3-6,15-16,18-19,23H,2,7-13H2,1H3/t16-,18-,19+/m0/s1. The smallest absolute Gasteiger partial charge is 0.309 e. The predicted molar refractivity (Wildman–Crippen MR) is 93.7 cm³/mol. The van der Waals surface area contributed by atoms with Gasteiger partial charge in [-0.3, -0.25) is 4.79 Å². The Kier molecular flexibility index (Phi) is 6.07. The minimum Gasteiger partial charge on any atom is -0.466 e. The minimum atomic E-state index is -0.392. The summed E-state index contributed by atoms with van der Waals surface area (Å²) in [5.74, 6) is 0.129. The molecule has 1 aromatic rings. The number of rotatable bonds is 5. The van der Waals surface area contributed by atoms with Gasteiger partial charge in [-0.15, -0.1) is 0 Å². The van der Waals surface area contributed by atoms with Crippen LogP contribution in [0.2, 0.25) is 0 Å². The van der Waals surface area contributed by atoms with Crippen LogP contribution in [0.1, 0.15) is 44.1 Å². The predicted octanol–water partition coefficient (Wildman–Crippen LogP) is 2.96. The van der Waals surface area contributed by atoms with Crippen LogP contribution in [-0.4, -0.2) is 48.3 Å². The summed E-state index contributed by atoms with van der Waals surface area (Å²) in [5, 5.41) is 9.97. The molecule has 0 unspecified atom stereocenters. The van der Waals surface area contributed by atoms with Gasteiger partial charge in [0.2, 0.25) is 0 Å². The monoisotopic (exact) mass is 349 g/mol. The summed E-state index contributed by atoms with van der Waals surface area (Å²) in [5.41, 5.74) is 1.21. The van der Waals surface area contributed by atoms with Gasteiger partial charge >= 0.3 is 5.97 Å². The van der Waals surface area contributed by atoms with Crippen LogP contribution in [0.25, 0.3) is 0 Å². The number of likely N-dealkylation sites (tertiary alicyclic amines) is 1. The Morgan fingerprint density at radius 2 is 1.92 bits per heavy atom. The fourth-order valence-electron chi connectivity index (χ4n) is 4.35. The van der Waals surface area contributed by atoms with E-state index in [1.54, 1.807) is 0 Å². The zero-order valence-corrected chi connectivity index (χ0v) is 14.9. The first-order chi connectivity index (χ1) is 12.1. The van der Waals surface area contributed by atoms with Crippen LogP contribution >= 0.6 is 0 Å². The van der Waals surface area contributed by atoms with Gasteiger partial charge < -0.3 is 14.7 Å². The molecule has 2 fully saturated rings. The highest BCUT2D eigenvalue weighted by Gasteiger charge is 2.40. The van der Waals surface area contributed by atoms with Crippen molar-refractivity contribution in [2.45, 2.75) is 44.6 Å². The summed E-state index contributed by atoms with van der Waals surface area (Å²) in [6.07, 6.45) is 2.91. The molecule has 5 heteroatoms. The third kappa shape index (κ3) is 4.59. The molecule has 138 valence electrons. The van der Waals surface area contributed by atoms with E-state index in [-0.39, 0.29) is 23.6 Å². The van der Waals surface area contributed by atoms with E-state index >= 15 is 0 Å². The summed E-state index contributed by atoms with van der Waals surface area (Å²) in [7, 11) is 0. The second-order valence-corrected chi connectivity index (χ2v) is 7.37. The SMILES string of the molecule is CCOC(=O)[C@@H]1C[C@@H](O)C[C@H]1CN1CCC(c2ccc(F)cc2)CC1. The third-order valence-corrected chi connectivity index (χ3v) is 5.68. The fraction of sp³-hybridized carbons (Fsp3) is 0.650. The summed E-state index contributed by atoms with van der Waals surface area (Å²) in [6.45, 7) is 5.00. The van der Waals surface area contributed by atoms with Crippen LogP contribution in [0, 0.1) is 17.7 Å². The Labute approximate surface area is 149 Å². The number of halogens is 1. The van der Waals surface area contributed by atoms with Gasteiger partial charge in [0.05, 0.1) is 18.6 Å². The van der Waals surface area contributed by atoms with Gasteiger partial charge in [0, 0.05) is 6.54 Å². The molecule has 1 aliphatic carbocycles. The molecule has 0 bridgehead atoms. The number of benzene rings is 1. The molecule has 1 saturated carbocycles. The number of hydrogen-bond acceptors (Lipinski definition) is 4. The number of aliphatic hydroxyl groups excluding tert-OH is 1. The molecule has 1 saturated heterocycles. The highest BCUT2D eigenvalue weighted by Crippen LogP contribution is 2.35. The number of aliphatic hydroxyl groups is 1. The Bertz CT molecular complexity index is 569. The lowest BCUT2D eigenvalue weighted by atomic mass is 9.88. The van der Waals surface area contributed by atoms with Crippen molar-refractivity contribution in [3.8, 4) is 0 Å². The second kappa shape index (κ2) is 8.28. The maximum absolute atomic E-state index is 13.1. The first kappa shape index (κ1) is 18.3. The van der Waals surface area contributed by atoms with Gasteiger partial charge in [0.15, 0.2) is 0 Å². The Hall–Kier alpha value is -1.46. The number of nitrogens with zero attached hydrogens (tertiary/aromatic N) is 1. The van der Waals surface area contributed by atoms with Crippen molar-refractivity contribution in [3.05, 3.63) is 35.6 Å². The maximum atomic E-state index is 13.1. The molecule has 3 atom stereocenters. The third-order valence-electron chi connectivity index (χ3n) is 5.68. The molecule has 1 aliphatic heterocycles. The summed E-state index contributed by atoms with van der Waals surface area (Å²) in [4.78, 5) is 14.5. The molecule has 0 amide bonds. The highest BCUT2D eigenvalue weighted by molar-refractivity contribution is 5.73. The van der Waals surface area contributed by atoms with E-state index in [9.17, 15) is 14.3 Å². The molecular weight excluding hydrogens is 321 g/mol. The van der Waals surface area contributed by atoms with Crippen molar-refractivity contribution in [2.24, 2.45) is 11.8 Å². The quantitative estimate of drug-likeness (QED) is 0.831. The summed E-state index contributed by atoms with van der Waals surface area (Å²) in [6, 6.07) is 6.84. The maximum Gasteiger partial charge on any atom is 0.309 e. The van der Waals surface area contributed by atoms with E-state index in [4.69, 9.17) is 4.74 Å². The van der Waals surface area contributed by atoms with Gasteiger partial charge in [0.1, 0.15) is 5.82 Å². The first-order valence-corrected chi connectivity index (χ1v) is 9.39.